The highest BCUT2D eigenvalue weighted by Crippen LogP contribution is 2.24. The van der Waals surface area contributed by atoms with Crippen LogP contribution < -0.4 is 18.9 Å². The van der Waals surface area contributed by atoms with Crippen LogP contribution >= 0.6 is 0 Å². The van der Waals surface area contributed by atoms with Crippen LogP contribution in [-0.4, -0.2) is 53.2 Å². The molecule has 0 aliphatic heterocycles. The molecule has 10 nitrogen and oxygen atoms in total. The number of ether oxygens (including phenoxy) is 4. The molecule has 0 atom stereocenters. The highest BCUT2D eigenvalue weighted by Gasteiger charge is 2.31. The van der Waals surface area contributed by atoms with Crippen LogP contribution in [0.5, 0.6) is 23.0 Å². The van der Waals surface area contributed by atoms with E-state index < -0.39 is 48.8 Å². The molecule has 0 amide bonds. The van der Waals surface area contributed by atoms with E-state index in [1.54, 1.807) is 24.3 Å². The molecule has 0 aliphatic rings. The standard InChI is InChI=1S/C18H13F3O5.C17H11F3O5/c19-18(20,21)11-25-14-8-4-13(5-9-14)17(24)26-15-6-1-12(2-7-15)3-10-16(22)23;18-17(19,20)25-14-8-4-12(5-9-14)16(23)24-13-6-1-11(2-7-13)3-10-15(21)22/h1-10H,11H2,(H,22,23);1-10H,(H,21,22)/b2*10-3+. The Labute approximate surface area is 284 Å². The zero-order valence-electron chi connectivity index (χ0n) is 25.7. The Morgan fingerprint density at radius 2 is 0.882 bits per heavy atom. The second kappa shape index (κ2) is 17.7. The zero-order valence-corrected chi connectivity index (χ0v) is 25.7. The van der Waals surface area contributed by atoms with E-state index in [1.807, 2.05) is 0 Å². The van der Waals surface area contributed by atoms with Gasteiger partial charge in [-0.3, -0.25) is 0 Å². The second-order valence-corrected chi connectivity index (χ2v) is 9.76. The van der Waals surface area contributed by atoms with Crippen molar-refractivity contribution in [1.82, 2.24) is 0 Å². The summed E-state index contributed by atoms with van der Waals surface area (Å²) >= 11 is 0. The summed E-state index contributed by atoms with van der Waals surface area (Å²) in [4.78, 5) is 44.8. The van der Waals surface area contributed by atoms with Gasteiger partial charge >= 0.3 is 36.4 Å². The third-order valence-electron chi connectivity index (χ3n) is 5.83. The van der Waals surface area contributed by atoms with Crippen molar-refractivity contribution < 1.29 is 74.7 Å². The van der Waals surface area contributed by atoms with E-state index in [-0.39, 0.29) is 28.4 Å². The lowest BCUT2D eigenvalue weighted by Gasteiger charge is -2.09. The molecule has 4 aromatic carbocycles. The normalized spacial score (nSPS) is 11.3. The largest absolute Gasteiger partial charge is 0.573 e. The van der Waals surface area contributed by atoms with Crippen LogP contribution in [0.15, 0.2) is 109 Å². The van der Waals surface area contributed by atoms with Crippen molar-refractivity contribution in [3.8, 4) is 23.0 Å². The van der Waals surface area contributed by atoms with Gasteiger partial charge in [-0.1, -0.05) is 24.3 Å². The van der Waals surface area contributed by atoms with Gasteiger partial charge in [0, 0.05) is 12.2 Å². The lowest BCUT2D eigenvalue weighted by Crippen LogP contribution is -2.19. The van der Waals surface area contributed by atoms with E-state index in [2.05, 4.69) is 9.47 Å². The molecule has 51 heavy (non-hydrogen) atoms. The van der Waals surface area contributed by atoms with Crippen molar-refractivity contribution in [1.29, 1.82) is 0 Å². The van der Waals surface area contributed by atoms with Crippen LogP contribution in [0.25, 0.3) is 12.2 Å². The fourth-order valence-electron chi connectivity index (χ4n) is 3.61. The first-order chi connectivity index (χ1) is 24.0. The topological polar surface area (TPSA) is 146 Å². The second-order valence-electron chi connectivity index (χ2n) is 9.76. The van der Waals surface area contributed by atoms with Crippen LogP contribution in [0.2, 0.25) is 0 Å². The Balaban J connectivity index is 0.000000276. The van der Waals surface area contributed by atoms with E-state index >= 15 is 0 Å². The van der Waals surface area contributed by atoms with Gasteiger partial charge in [0.2, 0.25) is 0 Å². The number of carbonyl (C=O) groups is 4. The van der Waals surface area contributed by atoms with Gasteiger partial charge < -0.3 is 29.2 Å². The lowest BCUT2D eigenvalue weighted by atomic mass is 10.2. The Kier molecular flexibility index (Phi) is 13.5. The molecule has 0 heterocycles. The average molecular weight is 719 g/mol. The minimum Gasteiger partial charge on any atom is -0.484 e. The summed E-state index contributed by atoms with van der Waals surface area (Å²) in [6, 6.07) is 21.5. The van der Waals surface area contributed by atoms with E-state index in [4.69, 9.17) is 19.7 Å². The van der Waals surface area contributed by atoms with Crippen LogP contribution in [-0.2, 0) is 9.59 Å². The van der Waals surface area contributed by atoms with Gasteiger partial charge in [-0.05, 0) is 96.1 Å². The summed E-state index contributed by atoms with van der Waals surface area (Å²) < 4.78 is 90.9. The fraction of sp³-hybridized carbons (Fsp3) is 0.0857. The first kappa shape index (κ1) is 38.9. The van der Waals surface area contributed by atoms with Crippen molar-refractivity contribution >= 4 is 36.0 Å². The van der Waals surface area contributed by atoms with Gasteiger partial charge in [-0.25, -0.2) is 19.2 Å². The summed E-state index contributed by atoms with van der Waals surface area (Å²) in [5.41, 5.74) is 1.39. The Bertz CT molecular complexity index is 1850. The maximum Gasteiger partial charge on any atom is 0.573 e. The third-order valence-corrected chi connectivity index (χ3v) is 5.83. The van der Waals surface area contributed by atoms with Crippen LogP contribution in [0.1, 0.15) is 31.8 Å². The molecule has 0 fully saturated rings. The third kappa shape index (κ3) is 15.0. The van der Waals surface area contributed by atoms with E-state index in [9.17, 15) is 45.5 Å². The molecular weight excluding hydrogens is 694 g/mol. The number of benzene rings is 4. The average Bonchev–Trinajstić information content (AvgIpc) is 3.06. The molecule has 0 radical (unpaired) electrons. The number of esters is 2. The molecule has 4 aromatic rings. The van der Waals surface area contributed by atoms with Crippen molar-refractivity contribution in [3.05, 3.63) is 131 Å². The van der Waals surface area contributed by atoms with Gasteiger partial charge in [0.25, 0.3) is 0 Å². The van der Waals surface area contributed by atoms with E-state index in [0.717, 1.165) is 36.4 Å². The Hall–Kier alpha value is -6.58. The molecule has 0 unspecified atom stereocenters. The number of alkyl halides is 6. The monoisotopic (exact) mass is 718 g/mol. The molecule has 0 spiro atoms. The summed E-state index contributed by atoms with van der Waals surface area (Å²) in [5, 5.41) is 17.1. The highest BCUT2D eigenvalue weighted by molar-refractivity contribution is 5.92. The minimum atomic E-state index is -4.81. The molecule has 0 saturated carbocycles. The molecule has 16 heteroatoms. The number of carboxylic acid groups (broad SMARTS) is 2. The molecule has 266 valence electrons. The quantitative estimate of drug-likeness (QED) is 0.0681. The summed E-state index contributed by atoms with van der Waals surface area (Å²) in [6.45, 7) is -1.42. The van der Waals surface area contributed by atoms with Crippen molar-refractivity contribution in [2.45, 2.75) is 12.5 Å². The van der Waals surface area contributed by atoms with Gasteiger partial charge in [0.15, 0.2) is 6.61 Å². The molecule has 0 aliphatic carbocycles. The summed E-state index contributed by atoms with van der Waals surface area (Å²) in [7, 11) is 0. The predicted octanol–water partition coefficient (Wildman–Crippen LogP) is 7.85. The summed E-state index contributed by atoms with van der Waals surface area (Å²) in [5.74, 6) is -3.65. The first-order valence-electron chi connectivity index (χ1n) is 14.1. The van der Waals surface area contributed by atoms with Crippen molar-refractivity contribution in [3.63, 3.8) is 0 Å². The van der Waals surface area contributed by atoms with E-state index in [0.29, 0.717) is 11.1 Å². The van der Waals surface area contributed by atoms with E-state index in [1.165, 1.54) is 60.7 Å². The number of hydrogen-bond donors (Lipinski definition) is 2. The minimum absolute atomic E-state index is 0.0200. The molecule has 4 rings (SSSR count). The number of halogens is 6. The number of rotatable bonds is 11. The highest BCUT2D eigenvalue weighted by atomic mass is 19.4. The number of hydrogen-bond acceptors (Lipinski definition) is 8. The zero-order chi connectivity index (χ0) is 37.6. The smallest absolute Gasteiger partial charge is 0.484 e. The molecule has 0 bridgehead atoms. The molecule has 0 aromatic heterocycles. The van der Waals surface area contributed by atoms with Crippen LogP contribution in [0.3, 0.4) is 0 Å². The predicted molar refractivity (Wildman–Crippen MR) is 167 cm³/mol. The van der Waals surface area contributed by atoms with Gasteiger partial charge in [-0.2, -0.15) is 13.2 Å². The number of carbonyl (C=O) groups excluding carboxylic acids is 2. The first-order valence-corrected chi connectivity index (χ1v) is 14.1. The Morgan fingerprint density at radius 1 is 0.529 bits per heavy atom. The Morgan fingerprint density at radius 3 is 1.22 bits per heavy atom. The maximum atomic E-state index is 12.1. The summed E-state index contributed by atoms with van der Waals surface area (Å²) in [6.07, 6.45) is -4.56. The maximum absolute atomic E-state index is 12.1. The van der Waals surface area contributed by atoms with Crippen LogP contribution in [0.4, 0.5) is 26.3 Å². The van der Waals surface area contributed by atoms with Crippen molar-refractivity contribution in [2.75, 3.05) is 6.61 Å². The number of aliphatic carboxylic acids is 2. The lowest BCUT2D eigenvalue weighted by molar-refractivity contribution is -0.274. The SMILES string of the molecule is O=C(O)/C=C/c1ccc(OC(=O)c2ccc(OC(F)(F)F)cc2)cc1.O=C(O)/C=C/c1ccc(OC(=O)c2ccc(OCC(F)(F)F)cc2)cc1. The fourth-order valence-corrected chi connectivity index (χ4v) is 3.61. The molecule has 2 N–H and O–H groups in total. The number of carboxylic acids is 2. The van der Waals surface area contributed by atoms with Gasteiger partial charge in [0.1, 0.15) is 23.0 Å². The van der Waals surface area contributed by atoms with Gasteiger partial charge in [0.05, 0.1) is 11.1 Å². The molecular formula is C35H24F6O10. The van der Waals surface area contributed by atoms with Crippen LogP contribution in [0, 0.1) is 0 Å². The van der Waals surface area contributed by atoms with Gasteiger partial charge in [-0.15, -0.1) is 13.2 Å². The van der Waals surface area contributed by atoms with Crippen molar-refractivity contribution in [2.24, 2.45) is 0 Å². The molecule has 0 saturated heterocycles.